The molecule has 0 spiro atoms. The Bertz CT molecular complexity index is 1890. The molecule has 0 atom stereocenters. The van der Waals surface area contributed by atoms with Crippen molar-refractivity contribution >= 4 is 22.5 Å². The van der Waals surface area contributed by atoms with Crippen molar-refractivity contribution in [3.05, 3.63) is 129 Å². The Morgan fingerprint density at radius 2 is 0.750 bits per heavy atom. The molecule has 5 rings (SSSR count). The molecule has 0 saturated heterocycles. The van der Waals surface area contributed by atoms with Gasteiger partial charge < -0.3 is 0 Å². The lowest BCUT2D eigenvalue weighted by Crippen LogP contribution is -2.74. The largest absolute Gasteiger partial charge is 0.532 e. The van der Waals surface area contributed by atoms with Crippen molar-refractivity contribution in [1.82, 2.24) is 0 Å². The summed E-state index contributed by atoms with van der Waals surface area (Å²) in [6.45, 7) is 2.53. The van der Waals surface area contributed by atoms with E-state index in [1.54, 1.807) is 6.92 Å². The zero-order valence-electron chi connectivity index (χ0n) is 23.6. The quantitative estimate of drug-likeness (QED) is 0.0595. The second kappa shape index (κ2) is 12.0. The van der Waals surface area contributed by atoms with E-state index in [1.165, 1.54) is 24.3 Å². The maximum absolute atomic E-state index is 15.7. The van der Waals surface area contributed by atoms with Crippen LogP contribution < -0.4 is 16.4 Å². The Kier molecular flexibility index (Phi) is 8.59. The lowest BCUT2D eigenvalue weighted by Gasteiger charge is -2.42. The van der Waals surface area contributed by atoms with Crippen molar-refractivity contribution in [1.29, 1.82) is 0 Å². The number of rotatable bonds is 6. The fourth-order valence-electron chi connectivity index (χ4n) is 5.57. The molecule has 0 aliphatic heterocycles. The van der Waals surface area contributed by atoms with Gasteiger partial charge in [0, 0.05) is 6.92 Å². The summed E-state index contributed by atoms with van der Waals surface area (Å²) in [7, 11) is 0. The number of halogens is 15. The van der Waals surface area contributed by atoms with Gasteiger partial charge in [-0.15, -0.1) is 16.4 Å². The highest BCUT2D eigenvalue weighted by Gasteiger charge is 2.50. The van der Waals surface area contributed by atoms with Gasteiger partial charge in [0.25, 0.3) is 11.5 Å². The van der Waals surface area contributed by atoms with Crippen LogP contribution in [0.3, 0.4) is 0 Å². The molecule has 1 aromatic heterocycles. The van der Waals surface area contributed by atoms with Crippen LogP contribution in [-0.4, -0.2) is 6.15 Å². The highest BCUT2D eigenvalue weighted by atomic mass is 19.2. The molecule has 0 amide bonds. The van der Waals surface area contributed by atoms with E-state index in [2.05, 4.69) is 0 Å². The van der Waals surface area contributed by atoms with E-state index in [0.717, 1.165) is 6.92 Å². The summed E-state index contributed by atoms with van der Waals surface area (Å²) in [5.74, 6) is -48.5. The first-order valence-electron chi connectivity index (χ1n) is 13.1. The van der Waals surface area contributed by atoms with Gasteiger partial charge in [0.05, 0.1) is 0 Å². The molecule has 0 bridgehead atoms. The van der Waals surface area contributed by atoms with E-state index in [1.807, 2.05) is 0 Å². The van der Waals surface area contributed by atoms with Gasteiger partial charge in [-0.2, -0.15) is 0 Å². The summed E-state index contributed by atoms with van der Waals surface area (Å²) in [5, 5.41) is 0. The minimum absolute atomic E-state index is 0.0109. The molecule has 0 radical (unpaired) electrons. The van der Waals surface area contributed by atoms with Crippen LogP contribution in [0.1, 0.15) is 17.1 Å². The van der Waals surface area contributed by atoms with Crippen molar-refractivity contribution in [2.45, 2.75) is 20.2 Å². The Balaban J connectivity index is 2.09. The first-order valence-corrected chi connectivity index (χ1v) is 13.1. The second-order valence-electron chi connectivity index (χ2n) is 10.5. The summed E-state index contributed by atoms with van der Waals surface area (Å²) in [5.41, 5.74) is -7.52. The van der Waals surface area contributed by atoms with E-state index in [-0.39, 0.29) is 5.56 Å². The Morgan fingerprint density at radius 3 is 1.06 bits per heavy atom. The smallest absolute Gasteiger partial charge is 0.275 e. The number of aryl methyl sites for hydroxylation is 2. The van der Waals surface area contributed by atoms with Crippen molar-refractivity contribution in [2.24, 2.45) is 0 Å². The van der Waals surface area contributed by atoms with Crippen molar-refractivity contribution in [2.75, 3.05) is 0 Å². The molecule has 252 valence electrons. The third kappa shape index (κ3) is 4.90. The zero-order chi connectivity index (χ0) is 35.7. The van der Waals surface area contributed by atoms with E-state index in [0.29, 0.717) is 5.56 Å². The molecule has 4 aromatic carbocycles. The summed E-state index contributed by atoms with van der Waals surface area (Å²) < 4.78 is 236. The van der Waals surface area contributed by atoms with Crippen LogP contribution in [0, 0.1) is 101 Å². The van der Waals surface area contributed by atoms with Gasteiger partial charge in [-0.25, -0.2) is 65.9 Å². The van der Waals surface area contributed by atoms with Crippen LogP contribution in [0.2, 0.25) is 0 Å². The summed E-state index contributed by atoms with van der Waals surface area (Å²) in [4.78, 5) is 0. The van der Waals surface area contributed by atoms with Crippen LogP contribution >= 0.6 is 0 Å². The predicted octanol–water partition coefficient (Wildman–Crippen LogP) is 7.78. The minimum atomic E-state index is -5.84. The standard InChI is InChI=1S/C30H12BF15O2/c1-8-3-5-10(6-4-8)30-47-9(2)11(48-30)7-31(12-15(32)21(38)27(44)22(39)16(12)33,13-17(34)23(40)28(45)24(41)18(13)35)14-19(36)25(42)29(46)26(43)20(14)37/h3-6H,7H2,1-2H3. The molecule has 0 aliphatic rings. The third-order valence-corrected chi connectivity index (χ3v) is 7.84. The average molecular weight is 700 g/mol. The highest BCUT2D eigenvalue weighted by molar-refractivity contribution is 7.11. The molecule has 5 aromatic rings. The van der Waals surface area contributed by atoms with E-state index >= 15 is 26.3 Å². The fraction of sp³-hybridized carbons (Fsp3) is 0.100. The van der Waals surface area contributed by atoms with Gasteiger partial charge in [0.2, 0.25) is 0 Å². The van der Waals surface area contributed by atoms with Crippen LogP contribution in [0.25, 0.3) is 11.5 Å². The van der Waals surface area contributed by atoms with Crippen LogP contribution in [0.5, 0.6) is 0 Å². The molecule has 48 heavy (non-hydrogen) atoms. The summed E-state index contributed by atoms with van der Waals surface area (Å²) >= 11 is 0. The molecule has 0 fully saturated rings. The Morgan fingerprint density at radius 1 is 0.458 bits per heavy atom. The Labute approximate surface area is 257 Å². The van der Waals surface area contributed by atoms with E-state index in [9.17, 15) is 39.5 Å². The molecule has 18 heteroatoms. The fourth-order valence-corrected chi connectivity index (χ4v) is 5.57. The minimum Gasteiger partial charge on any atom is -0.275 e. The SMILES string of the molecule is Cc1ccc(-c2oc(C)c(C[B-](c3c(F)c(F)c(F)c(F)c3F)(c3c(F)c(F)c(F)c(F)c3F)c3c(F)c(F)c(F)c(F)c3F)[o+]2)cc1. The predicted molar refractivity (Wildman–Crippen MR) is 137 cm³/mol. The van der Waals surface area contributed by atoms with Crippen LogP contribution in [-0.2, 0) is 6.32 Å². The highest BCUT2D eigenvalue weighted by Crippen LogP contribution is 2.33. The third-order valence-electron chi connectivity index (χ3n) is 7.84. The molecular weight excluding hydrogens is 688 g/mol. The van der Waals surface area contributed by atoms with Crippen molar-refractivity contribution < 1.29 is 74.7 Å². The van der Waals surface area contributed by atoms with Gasteiger partial charge >= 0.3 is 5.96 Å². The van der Waals surface area contributed by atoms with Gasteiger partial charge in [-0.05, 0) is 19.1 Å². The number of hydrogen-bond donors (Lipinski definition) is 0. The number of hydrogen-bond acceptors (Lipinski definition) is 1. The van der Waals surface area contributed by atoms with E-state index in [4.69, 9.17) is 8.83 Å². The van der Waals surface area contributed by atoms with Gasteiger partial charge in [0.1, 0.15) is 46.6 Å². The van der Waals surface area contributed by atoms with Crippen molar-refractivity contribution in [3.63, 3.8) is 0 Å². The molecule has 2 nitrogen and oxygen atoms in total. The first kappa shape index (κ1) is 34.4. The van der Waals surface area contributed by atoms with Gasteiger partial charge in [0.15, 0.2) is 52.4 Å². The summed E-state index contributed by atoms with van der Waals surface area (Å²) in [6, 6.07) is 5.57. The van der Waals surface area contributed by atoms with Crippen molar-refractivity contribution in [3.8, 4) is 11.5 Å². The van der Waals surface area contributed by atoms with Gasteiger partial charge in [-0.1, -0.05) is 24.0 Å². The maximum atomic E-state index is 15.7. The molecule has 0 saturated carbocycles. The van der Waals surface area contributed by atoms with E-state index < -0.39 is 134 Å². The van der Waals surface area contributed by atoms with Crippen LogP contribution in [0.4, 0.5) is 65.9 Å². The van der Waals surface area contributed by atoms with Gasteiger partial charge in [-0.3, -0.25) is 8.83 Å². The molecule has 0 N–H and O–H groups in total. The molecule has 1 heterocycles. The number of benzene rings is 4. The Hall–Kier alpha value is -4.90. The molecular formula is C30H12BF15O2. The van der Waals surface area contributed by atoms with Crippen LogP contribution in [0.15, 0.2) is 33.1 Å². The topological polar surface area (TPSA) is 24.4 Å². The molecule has 0 unspecified atom stereocenters. The molecule has 0 aliphatic carbocycles. The zero-order valence-corrected chi connectivity index (χ0v) is 23.6. The summed E-state index contributed by atoms with van der Waals surface area (Å²) in [6.07, 6.45) is -7.94. The lowest BCUT2D eigenvalue weighted by atomic mass is 9.13. The monoisotopic (exact) mass is 700 g/mol. The lowest BCUT2D eigenvalue weighted by molar-refractivity contribution is 0.379. The first-order chi connectivity index (χ1) is 22.4. The maximum Gasteiger partial charge on any atom is 0.532 e. The normalized spacial score (nSPS) is 11.9. The second-order valence-corrected chi connectivity index (χ2v) is 10.5. The average Bonchev–Trinajstić information content (AvgIpc) is 3.42.